The Balaban J connectivity index is 3.79. The molecular formula is C32H63NO4. The van der Waals surface area contributed by atoms with E-state index in [9.17, 15) is 20.1 Å². The van der Waals surface area contributed by atoms with Gasteiger partial charge in [0.25, 0.3) is 0 Å². The predicted octanol–water partition coefficient (Wildman–Crippen LogP) is 7.75. The number of allylic oxidation sites excluding steroid dienone is 1. The molecule has 3 atom stereocenters. The largest absolute Gasteiger partial charge is 0.394 e. The number of aliphatic hydroxyl groups is 3. The maximum atomic E-state index is 12.3. The van der Waals surface area contributed by atoms with Gasteiger partial charge in [-0.15, -0.1) is 0 Å². The first-order chi connectivity index (χ1) is 18.1. The highest BCUT2D eigenvalue weighted by atomic mass is 16.3. The van der Waals surface area contributed by atoms with Gasteiger partial charge < -0.3 is 20.6 Å². The first-order valence-electron chi connectivity index (χ1n) is 16.0. The average molecular weight is 526 g/mol. The van der Waals surface area contributed by atoms with Gasteiger partial charge >= 0.3 is 0 Å². The first-order valence-corrected chi connectivity index (χ1v) is 16.0. The van der Waals surface area contributed by atoms with Crippen molar-refractivity contribution in [3.05, 3.63) is 12.2 Å². The molecule has 0 fully saturated rings. The van der Waals surface area contributed by atoms with Crippen molar-refractivity contribution in [2.24, 2.45) is 0 Å². The highest BCUT2D eigenvalue weighted by Crippen LogP contribution is 2.14. The zero-order chi connectivity index (χ0) is 27.4. The van der Waals surface area contributed by atoms with E-state index in [1.54, 1.807) is 6.08 Å². The molecule has 0 aliphatic heterocycles. The second kappa shape index (κ2) is 28.1. The van der Waals surface area contributed by atoms with Crippen LogP contribution in [0.25, 0.3) is 0 Å². The van der Waals surface area contributed by atoms with E-state index >= 15 is 0 Å². The molecule has 5 nitrogen and oxygen atoms in total. The minimum atomic E-state index is -1.09. The van der Waals surface area contributed by atoms with Gasteiger partial charge in [-0.2, -0.15) is 0 Å². The van der Waals surface area contributed by atoms with Gasteiger partial charge in [-0.3, -0.25) is 4.79 Å². The van der Waals surface area contributed by atoms with E-state index in [4.69, 9.17) is 0 Å². The van der Waals surface area contributed by atoms with E-state index < -0.39 is 24.2 Å². The molecule has 0 aliphatic rings. The van der Waals surface area contributed by atoms with Crippen molar-refractivity contribution in [2.75, 3.05) is 6.61 Å². The lowest BCUT2D eigenvalue weighted by Gasteiger charge is -2.21. The van der Waals surface area contributed by atoms with Crippen LogP contribution in [0, 0.1) is 0 Å². The zero-order valence-electron chi connectivity index (χ0n) is 24.6. The van der Waals surface area contributed by atoms with E-state index in [-0.39, 0.29) is 6.61 Å². The van der Waals surface area contributed by atoms with Gasteiger partial charge in [-0.05, 0) is 19.3 Å². The van der Waals surface area contributed by atoms with Crippen LogP contribution in [0.3, 0.4) is 0 Å². The van der Waals surface area contributed by atoms with Crippen LogP contribution in [-0.2, 0) is 4.79 Å². The normalized spacial score (nSPS) is 14.2. The highest BCUT2D eigenvalue weighted by molar-refractivity contribution is 5.80. The van der Waals surface area contributed by atoms with Crippen LogP contribution in [0.15, 0.2) is 12.2 Å². The standard InChI is InChI=1S/C32H63NO4/c1-3-5-7-9-11-13-15-16-17-19-21-23-25-27-31(36)32(37)33-29(28-34)30(35)26-24-22-20-18-14-12-10-8-6-4-2/h24,26,29-31,34-36H,3-23,25,27-28H2,1-2H3,(H,33,37)/b26-24+. The number of carbonyl (C=O) groups is 1. The maximum absolute atomic E-state index is 12.3. The Morgan fingerprint density at radius 3 is 1.49 bits per heavy atom. The number of unbranched alkanes of at least 4 members (excludes halogenated alkanes) is 20. The molecule has 0 saturated carbocycles. The van der Waals surface area contributed by atoms with Crippen molar-refractivity contribution in [1.82, 2.24) is 5.32 Å². The van der Waals surface area contributed by atoms with Crippen LogP contribution in [0.4, 0.5) is 0 Å². The molecule has 0 aromatic carbocycles. The molecule has 4 N–H and O–H groups in total. The molecule has 5 heteroatoms. The Bertz CT molecular complexity index is 511. The monoisotopic (exact) mass is 525 g/mol. The summed E-state index contributed by atoms with van der Waals surface area (Å²) in [6, 6.07) is -0.788. The molecule has 0 bridgehead atoms. The molecule has 37 heavy (non-hydrogen) atoms. The van der Waals surface area contributed by atoms with Crippen molar-refractivity contribution in [2.45, 2.75) is 180 Å². The highest BCUT2D eigenvalue weighted by Gasteiger charge is 2.22. The van der Waals surface area contributed by atoms with Crippen LogP contribution >= 0.6 is 0 Å². The minimum absolute atomic E-state index is 0.361. The zero-order valence-corrected chi connectivity index (χ0v) is 24.6. The molecule has 220 valence electrons. The quantitative estimate of drug-likeness (QED) is 0.0621. The number of hydrogen-bond acceptors (Lipinski definition) is 4. The van der Waals surface area contributed by atoms with E-state index in [0.29, 0.717) is 6.42 Å². The average Bonchev–Trinajstić information content (AvgIpc) is 2.90. The molecule has 0 heterocycles. The summed E-state index contributed by atoms with van der Waals surface area (Å²) in [5, 5.41) is 32.7. The minimum Gasteiger partial charge on any atom is -0.394 e. The number of aliphatic hydroxyl groups excluding tert-OH is 3. The summed E-state index contributed by atoms with van der Waals surface area (Å²) in [5.41, 5.74) is 0. The fourth-order valence-corrected chi connectivity index (χ4v) is 4.77. The summed E-state index contributed by atoms with van der Waals surface area (Å²) in [4.78, 5) is 12.3. The van der Waals surface area contributed by atoms with Crippen LogP contribution in [0.5, 0.6) is 0 Å². The molecule has 0 saturated heterocycles. The summed E-state index contributed by atoms with van der Waals surface area (Å²) < 4.78 is 0. The van der Waals surface area contributed by atoms with E-state index in [0.717, 1.165) is 32.1 Å². The second-order valence-electron chi connectivity index (χ2n) is 11.0. The molecule has 0 aliphatic carbocycles. The van der Waals surface area contributed by atoms with Crippen molar-refractivity contribution < 1.29 is 20.1 Å². The van der Waals surface area contributed by atoms with Crippen molar-refractivity contribution in [3.8, 4) is 0 Å². The number of hydrogen-bond donors (Lipinski definition) is 4. The number of nitrogens with one attached hydrogen (secondary N) is 1. The maximum Gasteiger partial charge on any atom is 0.249 e. The second-order valence-corrected chi connectivity index (χ2v) is 11.0. The molecule has 0 rings (SSSR count). The summed E-state index contributed by atoms with van der Waals surface area (Å²) in [7, 11) is 0. The predicted molar refractivity (Wildman–Crippen MR) is 158 cm³/mol. The topological polar surface area (TPSA) is 89.8 Å². The van der Waals surface area contributed by atoms with Crippen LogP contribution in [0.2, 0.25) is 0 Å². The Morgan fingerprint density at radius 2 is 1.05 bits per heavy atom. The Morgan fingerprint density at radius 1 is 0.649 bits per heavy atom. The summed E-state index contributed by atoms with van der Waals surface area (Å²) in [6.45, 7) is 4.13. The Hall–Kier alpha value is -0.910. The molecular weight excluding hydrogens is 462 g/mol. The summed E-state index contributed by atoms with van der Waals surface area (Å²) in [6.07, 6.45) is 29.3. The van der Waals surface area contributed by atoms with Crippen molar-refractivity contribution in [3.63, 3.8) is 0 Å². The number of amides is 1. The SMILES string of the molecule is CCCCCCCCCC/C=C/C(O)C(CO)NC(=O)C(O)CCCCCCCCCCCCCCC. The van der Waals surface area contributed by atoms with Crippen LogP contribution in [-0.4, -0.2) is 46.1 Å². The third-order valence-corrected chi connectivity index (χ3v) is 7.38. The van der Waals surface area contributed by atoms with Crippen molar-refractivity contribution in [1.29, 1.82) is 0 Å². The lowest BCUT2D eigenvalue weighted by molar-refractivity contribution is -0.131. The van der Waals surface area contributed by atoms with Gasteiger partial charge in [0.2, 0.25) is 5.91 Å². The van der Waals surface area contributed by atoms with Gasteiger partial charge in [0.15, 0.2) is 0 Å². The third kappa shape index (κ3) is 23.9. The third-order valence-electron chi connectivity index (χ3n) is 7.38. The van der Waals surface area contributed by atoms with Crippen LogP contribution < -0.4 is 5.32 Å². The van der Waals surface area contributed by atoms with Gasteiger partial charge in [0.05, 0.1) is 18.8 Å². The molecule has 0 aromatic heterocycles. The van der Waals surface area contributed by atoms with Gasteiger partial charge in [0.1, 0.15) is 6.10 Å². The number of rotatable bonds is 28. The van der Waals surface area contributed by atoms with Crippen molar-refractivity contribution >= 4 is 5.91 Å². The van der Waals surface area contributed by atoms with Gasteiger partial charge in [0, 0.05) is 0 Å². The van der Waals surface area contributed by atoms with Crippen LogP contribution in [0.1, 0.15) is 162 Å². The lowest BCUT2D eigenvalue weighted by Crippen LogP contribution is -2.48. The fraction of sp³-hybridized carbons (Fsp3) is 0.906. The van der Waals surface area contributed by atoms with E-state index in [1.807, 2.05) is 6.08 Å². The molecule has 0 radical (unpaired) electrons. The summed E-state index contributed by atoms with van der Waals surface area (Å²) in [5.74, 6) is -0.506. The molecule has 0 aromatic rings. The van der Waals surface area contributed by atoms with Gasteiger partial charge in [-0.25, -0.2) is 0 Å². The van der Waals surface area contributed by atoms with E-state index in [2.05, 4.69) is 19.2 Å². The molecule has 1 amide bonds. The van der Waals surface area contributed by atoms with Gasteiger partial charge in [-0.1, -0.05) is 154 Å². The summed E-state index contributed by atoms with van der Waals surface area (Å²) >= 11 is 0. The fourth-order valence-electron chi connectivity index (χ4n) is 4.77. The Labute approximate surface area is 229 Å². The smallest absolute Gasteiger partial charge is 0.249 e. The number of carbonyl (C=O) groups excluding carboxylic acids is 1. The molecule has 0 spiro atoms. The van der Waals surface area contributed by atoms with E-state index in [1.165, 1.54) is 109 Å². The Kier molecular flexibility index (Phi) is 27.4. The molecule has 3 unspecified atom stereocenters. The first kappa shape index (κ1) is 36.1. The lowest BCUT2D eigenvalue weighted by atomic mass is 10.0.